The van der Waals surface area contributed by atoms with Gasteiger partial charge >= 0.3 is 0 Å². The van der Waals surface area contributed by atoms with Crippen molar-refractivity contribution >= 4 is 10.9 Å². The van der Waals surface area contributed by atoms with Gasteiger partial charge in [0.05, 0.1) is 0 Å². The molecule has 2 aromatic rings. The van der Waals surface area contributed by atoms with Gasteiger partial charge in [0.25, 0.3) is 0 Å². The van der Waals surface area contributed by atoms with E-state index in [2.05, 4.69) is 67.3 Å². The van der Waals surface area contributed by atoms with Crippen LogP contribution in [0.1, 0.15) is 25.1 Å². The van der Waals surface area contributed by atoms with Gasteiger partial charge in [0.1, 0.15) is 0 Å². The fourth-order valence-electron chi connectivity index (χ4n) is 2.62. The van der Waals surface area contributed by atoms with E-state index in [0.717, 1.165) is 13.1 Å². The molecule has 0 aliphatic rings. The van der Waals surface area contributed by atoms with Crippen molar-refractivity contribution in [3.05, 3.63) is 35.5 Å². The number of aromatic nitrogens is 1. The predicted octanol–water partition coefficient (Wildman–Crippen LogP) is 2.91. The standard InChI is InChI=1S/C16H25N3/c1-12-14(10-19(5)11-16(2,3)17-4)13-8-6-7-9-15(13)18-12/h6-9,17-18H,10-11H2,1-5H3. The molecular weight excluding hydrogens is 234 g/mol. The van der Waals surface area contributed by atoms with Gasteiger partial charge < -0.3 is 15.2 Å². The summed E-state index contributed by atoms with van der Waals surface area (Å²) in [5, 5.41) is 4.70. The third-order valence-electron chi connectivity index (χ3n) is 3.80. The SMILES string of the molecule is CNC(C)(C)CN(C)Cc1c(C)[nH]c2ccccc12. The quantitative estimate of drug-likeness (QED) is 0.865. The maximum Gasteiger partial charge on any atom is 0.0459 e. The second kappa shape index (κ2) is 5.35. The van der Waals surface area contributed by atoms with Gasteiger partial charge in [-0.15, -0.1) is 0 Å². The Morgan fingerprint density at radius 3 is 2.63 bits per heavy atom. The molecule has 3 nitrogen and oxygen atoms in total. The minimum absolute atomic E-state index is 0.134. The summed E-state index contributed by atoms with van der Waals surface area (Å²) < 4.78 is 0. The van der Waals surface area contributed by atoms with Gasteiger partial charge in [0.2, 0.25) is 0 Å². The van der Waals surface area contributed by atoms with Gasteiger partial charge in [-0.05, 0) is 46.5 Å². The zero-order valence-corrected chi connectivity index (χ0v) is 12.7. The Morgan fingerprint density at radius 2 is 1.95 bits per heavy atom. The number of para-hydroxylation sites is 1. The molecule has 1 heterocycles. The highest BCUT2D eigenvalue weighted by Gasteiger charge is 2.18. The second-order valence-electron chi connectivity index (χ2n) is 6.08. The van der Waals surface area contributed by atoms with Crippen molar-refractivity contribution in [2.24, 2.45) is 0 Å². The Morgan fingerprint density at radius 1 is 1.26 bits per heavy atom. The number of benzene rings is 1. The lowest BCUT2D eigenvalue weighted by Gasteiger charge is -2.30. The molecule has 0 spiro atoms. The van der Waals surface area contributed by atoms with Crippen LogP contribution < -0.4 is 5.32 Å². The highest BCUT2D eigenvalue weighted by atomic mass is 15.1. The molecule has 0 aliphatic carbocycles. The van der Waals surface area contributed by atoms with Crippen LogP contribution in [-0.2, 0) is 6.54 Å². The minimum atomic E-state index is 0.134. The van der Waals surface area contributed by atoms with Gasteiger partial charge in [0, 0.05) is 35.2 Å². The van der Waals surface area contributed by atoms with Crippen molar-refractivity contribution in [1.29, 1.82) is 0 Å². The summed E-state index contributed by atoms with van der Waals surface area (Å²) in [4.78, 5) is 5.84. The first-order valence-corrected chi connectivity index (χ1v) is 6.86. The van der Waals surface area contributed by atoms with Crippen LogP contribution in [0.15, 0.2) is 24.3 Å². The van der Waals surface area contributed by atoms with Gasteiger partial charge in [-0.1, -0.05) is 18.2 Å². The molecule has 1 aromatic heterocycles. The molecule has 0 unspecified atom stereocenters. The van der Waals surface area contributed by atoms with Gasteiger partial charge in [-0.3, -0.25) is 0 Å². The normalized spacial score (nSPS) is 12.5. The zero-order chi connectivity index (χ0) is 14.0. The predicted molar refractivity (Wildman–Crippen MR) is 82.5 cm³/mol. The topological polar surface area (TPSA) is 31.1 Å². The molecule has 3 heteroatoms. The lowest BCUT2D eigenvalue weighted by Crippen LogP contribution is -2.46. The van der Waals surface area contributed by atoms with Crippen molar-refractivity contribution in [3.63, 3.8) is 0 Å². The lowest BCUT2D eigenvalue weighted by atomic mass is 10.0. The van der Waals surface area contributed by atoms with Crippen LogP contribution in [0.25, 0.3) is 10.9 Å². The number of H-pyrrole nitrogens is 1. The second-order valence-corrected chi connectivity index (χ2v) is 6.08. The molecule has 0 saturated carbocycles. The first-order chi connectivity index (χ1) is 8.93. The maximum atomic E-state index is 3.47. The molecule has 0 bridgehead atoms. The summed E-state index contributed by atoms with van der Waals surface area (Å²) in [5.74, 6) is 0. The Hall–Kier alpha value is -1.32. The minimum Gasteiger partial charge on any atom is -0.358 e. The molecule has 0 atom stereocenters. The summed E-state index contributed by atoms with van der Waals surface area (Å²) in [5.41, 5.74) is 4.05. The van der Waals surface area contributed by atoms with Gasteiger partial charge in [0.15, 0.2) is 0 Å². The van der Waals surface area contributed by atoms with Crippen LogP contribution in [0.2, 0.25) is 0 Å². The van der Waals surface area contributed by atoms with Crippen molar-refractivity contribution in [3.8, 4) is 0 Å². The van der Waals surface area contributed by atoms with Crippen LogP contribution >= 0.6 is 0 Å². The summed E-state index contributed by atoms with van der Waals surface area (Å²) in [6.45, 7) is 8.60. The lowest BCUT2D eigenvalue weighted by molar-refractivity contribution is 0.238. The molecule has 2 N–H and O–H groups in total. The number of nitrogens with one attached hydrogen (secondary N) is 2. The summed E-state index contributed by atoms with van der Waals surface area (Å²) >= 11 is 0. The van der Waals surface area contributed by atoms with Crippen molar-refractivity contribution in [2.45, 2.75) is 32.9 Å². The molecule has 104 valence electrons. The smallest absolute Gasteiger partial charge is 0.0459 e. The number of hydrogen-bond donors (Lipinski definition) is 2. The number of fused-ring (bicyclic) bond motifs is 1. The van der Waals surface area contributed by atoms with E-state index in [1.54, 1.807) is 0 Å². The van der Waals surface area contributed by atoms with Crippen LogP contribution in [0.4, 0.5) is 0 Å². The van der Waals surface area contributed by atoms with Crippen molar-refractivity contribution in [1.82, 2.24) is 15.2 Å². The molecule has 1 aromatic carbocycles. The Kier molecular flexibility index (Phi) is 3.97. The number of rotatable bonds is 5. The molecule has 0 saturated heterocycles. The van der Waals surface area contributed by atoms with Crippen LogP contribution in [-0.4, -0.2) is 36.1 Å². The summed E-state index contributed by atoms with van der Waals surface area (Å²) in [7, 11) is 4.20. The molecule has 2 rings (SSSR count). The molecule has 0 radical (unpaired) electrons. The van der Waals surface area contributed by atoms with E-state index in [1.165, 1.54) is 22.2 Å². The Bertz CT molecular complexity index is 554. The van der Waals surface area contributed by atoms with E-state index >= 15 is 0 Å². The number of likely N-dealkylation sites (N-methyl/N-ethyl adjacent to an activating group) is 2. The van der Waals surface area contributed by atoms with Crippen molar-refractivity contribution < 1.29 is 0 Å². The van der Waals surface area contributed by atoms with E-state index in [-0.39, 0.29) is 5.54 Å². The fourth-order valence-corrected chi connectivity index (χ4v) is 2.62. The highest BCUT2D eigenvalue weighted by molar-refractivity contribution is 5.84. The van der Waals surface area contributed by atoms with Crippen LogP contribution in [0.3, 0.4) is 0 Å². The average molecular weight is 259 g/mol. The molecule has 0 fully saturated rings. The maximum absolute atomic E-state index is 3.47. The number of hydrogen-bond acceptors (Lipinski definition) is 2. The van der Waals surface area contributed by atoms with E-state index < -0.39 is 0 Å². The molecule has 0 aliphatic heterocycles. The highest BCUT2D eigenvalue weighted by Crippen LogP contribution is 2.23. The van der Waals surface area contributed by atoms with Crippen LogP contribution in [0.5, 0.6) is 0 Å². The largest absolute Gasteiger partial charge is 0.358 e. The van der Waals surface area contributed by atoms with E-state index in [1.807, 2.05) is 7.05 Å². The van der Waals surface area contributed by atoms with E-state index in [4.69, 9.17) is 0 Å². The van der Waals surface area contributed by atoms with E-state index in [0.29, 0.717) is 0 Å². The van der Waals surface area contributed by atoms with Gasteiger partial charge in [-0.25, -0.2) is 0 Å². The first kappa shape index (κ1) is 14.1. The number of aromatic amines is 1. The summed E-state index contributed by atoms with van der Waals surface area (Å²) in [6, 6.07) is 8.53. The third kappa shape index (κ3) is 3.17. The van der Waals surface area contributed by atoms with Crippen molar-refractivity contribution in [2.75, 3.05) is 20.6 Å². The number of aryl methyl sites for hydroxylation is 1. The Labute approximate surface area is 116 Å². The molecule has 19 heavy (non-hydrogen) atoms. The average Bonchev–Trinajstić information content (AvgIpc) is 2.66. The molecular formula is C16H25N3. The Balaban J connectivity index is 2.19. The number of nitrogens with zero attached hydrogens (tertiary/aromatic N) is 1. The first-order valence-electron chi connectivity index (χ1n) is 6.86. The van der Waals surface area contributed by atoms with E-state index in [9.17, 15) is 0 Å². The van der Waals surface area contributed by atoms with Gasteiger partial charge in [-0.2, -0.15) is 0 Å². The summed E-state index contributed by atoms with van der Waals surface area (Å²) in [6.07, 6.45) is 0. The molecule has 0 amide bonds. The zero-order valence-electron chi connectivity index (χ0n) is 12.7. The monoisotopic (exact) mass is 259 g/mol. The third-order valence-corrected chi connectivity index (χ3v) is 3.80. The van der Waals surface area contributed by atoms with Crippen LogP contribution in [0, 0.1) is 6.92 Å². The fraction of sp³-hybridized carbons (Fsp3) is 0.500.